The van der Waals surface area contributed by atoms with Gasteiger partial charge in [-0.05, 0) is 39.7 Å². The second-order valence-electron chi connectivity index (χ2n) is 5.06. The number of hydrogen-bond donors (Lipinski definition) is 1. The molecule has 0 bridgehead atoms. The molecule has 0 amide bonds. The maximum absolute atomic E-state index is 6.08. The fourth-order valence-electron chi connectivity index (χ4n) is 1.98. The zero-order valence-corrected chi connectivity index (χ0v) is 12.7. The van der Waals surface area contributed by atoms with E-state index in [-0.39, 0.29) is 5.60 Å². The number of rotatable bonds is 7. The van der Waals surface area contributed by atoms with Gasteiger partial charge in [0.15, 0.2) is 0 Å². The van der Waals surface area contributed by atoms with Gasteiger partial charge in [-0.2, -0.15) is 0 Å². The Labute approximate surface area is 103 Å². The van der Waals surface area contributed by atoms with Gasteiger partial charge in [0.1, 0.15) is 0 Å². The van der Waals surface area contributed by atoms with E-state index < -0.39 is 0 Å². The van der Waals surface area contributed by atoms with E-state index in [9.17, 15) is 0 Å². The molecule has 0 aromatic rings. The van der Waals surface area contributed by atoms with Crippen molar-refractivity contribution in [3.8, 4) is 0 Å². The summed E-state index contributed by atoms with van der Waals surface area (Å²) in [6.07, 6.45) is 2.53. The molecule has 0 aromatic carbocycles. The maximum atomic E-state index is 6.08. The van der Waals surface area contributed by atoms with Gasteiger partial charge in [0.2, 0.25) is 0 Å². The molecule has 0 rings (SSSR count). The highest BCUT2D eigenvalue weighted by molar-refractivity contribution is 4.73. The number of likely N-dealkylation sites (N-methyl/N-ethyl adjacent to an activating group) is 1. The molecule has 1 N–H and O–H groups in total. The van der Waals surface area contributed by atoms with Gasteiger partial charge in [0.05, 0.1) is 11.7 Å². The molecular formula is C14H33NO. The summed E-state index contributed by atoms with van der Waals surface area (Å²) in [4.78, 5) is 0. The van der Waals surface area contributed by atoms with Crippen LogP contribution < -0.4 is 5.32 Å². The SMILES string of the molecule is CC.CCC(CNC)OC(C)(C)CC(C)C. The quantitative estimate of drug-likeness (QED) is 0.718. The van der Waals surface area contributed by atoms with E-state index in [1.807, 2.05) is 20.9 Å². The van der Waals surface area contributed by atoms with Crippen LogP contribution in [0.2, 0.25) is 0 Å². The molecular weight excluding hydrogens is 198 g/mol. The Hall–Kier alpha value is -0.0800. The van der Waals surface area contributed by atoms with Crippen LogP contribution in [0.3, 0.4) is 0 Å². The molecule has 0 saturated carbocycles. The molecule has 16 heavy (non-hydrogen) atoms. The van der Waals surface area contributed by atoms with Crippen molar-refractivity contribution < 1.29 is 4.74 Å². The molecule has 2 heteroatoms. The van der Waals surface area contributed by atoms with Crippen molar-refractivity contribution >= 4 is 0 Å². The third-order valence-corrected chi connectivity index (χ3v) is 2.27. The smallest absolute Gasteiger partial charge is 0.0704 e. The topological polar surface area (TPSA) is 21.3 Å². The van der Waals surface area contributed by atoms with Crippen LogP contribution in [0, 0.1) is 5.92 Å². The van der Waals surface area contributed by atoms with Gasteiger partial charge in [0, 0.05) is 6.54 Å². The third-order valence-electron chi connectivity index (χ3n) is 2.27. The van der Waals surface area contributed by atoms with Gasteiger partial charge in [0.25, 0.3) is 0 Å². The van der Waals surface area contributed by atoms with Gasteiger partial charge in [-0.3, -0.25) is 0 Å². The molecule has 0 spiro atoms. The lowest BCUT2D eigenvalue weighted by Gasteiger charge is -2.32. The second kappa shape index (κ2) is 10.1. The van der Waals surface area contributed by atoms with Crippen molar-refractivity contribution in [1.29, 1.82) is 0 Å². The second-order valence-corrected chi connectivity index (χ2v) is 5.06. The monoisotopic (exact) mass is 231 g/mol. The van der Waals surface area contributed by atoms with Crippen molar-refractivity contribution in [2.75, 3.05) is 13.6 Å². The fraction of sp³-hybridized carbons (Fsp3) is 1.00. The lowest BCUT2D eigenvalue weighted by molar-refractivity contribution is -0.0811. The van der Waals surface area contributed by atoms with Crippen molar-refractivity contribution in [2.45, 2.75) is 73.0 Å². The first kappa shape index (κ1) is 18.3. The van der Waals surface area contributed by atoms with Crippen molar-refractivity contribution in [2.24, 2.45) is 5.92 Å². The third kappa shape index (κ3) is 10.4. The summed E-state index contributed by atoms with van der Waals surface area (Å²) in [5.41, 5.74) is 0.00565. The minimum absolute atomic E-state index is 0.00565. The summed E-state index contributed by atoms with van der Waals surface area (Å²) in [5.74, 6) is 0.692. The molecule has 100 valence electrons. The van der Waals surface area contributed by atoms with E-state index in [2.05, 4.69) is 39.9 Å². The summed E-state index contributed by atoms with van der Waals surface area (Å²) in [5, 5.41) is 3.17. The highest BCUT2D eigenvalue weighted by Crippen LogP contribution is 2.22. The van der Waals surface area contributed by atoms with E-state index in [0.717, 1.165) is 19.4 Å². The van der Waals surface area contributed by atoms with Gasteiger partial charge in [-0.25, -0.2) is 0 Å². The average Bonchev–Trinajstić information content (AvgIpc) is 2.18. The highest BCUT2D eigenvalue weighted by atomic mass is 16.5. The zero-order valence-electron chi connectivity index (χ0n) is 12.7. The van der Waals surface area contributed by atoms with Crippen LogP contribution in [0.1, 0.15) is 61.3 Å². The molecule has 0 aliphatic rings. The number of hydrogen-bond acceptors (Lipinski definition) is 2. The van der Waals surface area contributed by atoms with Crippen LogP contribution in [-0.2, 0) is 4.74 Å². The molecule has 1 atom stereocenters. The van der Waals surface area contributed by atoms with E-state index >= 15 is 0 Å². The molecule has 0 aliphatic carbocycles. The van der Waals surface area contributed by atoms with Gasteiger partial charge < -0.3 is 10.1 Å². The van der Waals surface area contributed by atoms with Crippen LogP contribution in [0.5, 0.6) is 0 Å². The Balaban J connectivity index is 0. The minimum atomic E-state index is 0.00565. The predicted molar refractivity (Wildman–Crippen MR) is 74.0 cm³/mol. The molecule has 2 nitrogen and oxygen atoms in total. The van der Waals surface area contributed by atoms with Gasteiger partial charge in [-0.1, -0.05) is 34.6 Å². The summed E-state index contributed by atoms with van der Waals surface area (Å²) in [6.45, 7) is 16.0. The first-order valence-corrected chi connectivity index (χ1v) is 6.73. The normalized spacial score (nSPS) is 13.3. The Bertz CT molecular complexity index is 144. The van der Waals surface area contributed by atoms with Crippen LogP contribution in [-0.4, -0.2) is 25.3 Å². The van der Waals surface area contributed by atoms with E-state index in [1.54, 1.807) is 0 Å². The fourth-order valence-corrected chi connectivity index (χ4v) is 1.98. The van der Waals surface area contributed by atoms with E-state index in [1.165, 1.54) is 0 Å². The van der Waals surface area contributed by atoms with Crippen LogP contribution in [0.25, 0.3) is 0 Å². The first-order valence-electron chi connectivity index (χ1n) is 6.73. The largest absolute Gasteiger partial charge is 0.371 e. The van der Waals surface area contributed by atoms with Crippen LogP contribution in [0.4, 0.5) is 0 Å². The van der Waals surface area contributed by atoms with Gasteiger partial charge >= 0.3 is 0 Å². The summed E-state index contributed by atoms with van der Waals surface area (Å²) in [6, 6.07) is 0. The summed E-state index contributed by atoms with van der Waals surface area (Å²) < 4.78 is 6.08. The lowest BCUT2D eigenvalue weighted by Crippen LogP contribution is -2.36. The molecule has 1 unspecified atom stereocenters. The van der Waals surface area contributed by atoms with E-state index in [4.69, 9.17) is 4.74 Å². The van der Waals surface area contributed by atoms with Crippen LogP contribution >= 0.6 is 0 Å². The van der Waals surface area contributed by atoms with Crippen molar-refractivity contribution in [3.05, 3.63) is 0 Å². The Kier molecular flexibility index (Phi) is 11.5. The molecule has 0 heterocycles. The Morgan fingerprint density at radius 1 is 1.19 bits per heavy atom. The molecule has 0 aromatic heterocycles. The summed E-state index contributed by atoms with van der Waals surface area (Å²) >= 11 is 0. The van der Waals surface area contributed by atoms with Gasteiger partial charge in [-0.15, -0.1) is 0 Å². The standard InChI is InChI=1S/C12H27NO.C2H6/c1-7-11(9-13-6)14-12(4,5)8-10(2)3;1-2/h10-11,13H,7-9H2,1-6H3;1-2H3. The molecule has 0 fully saturated rings. The average molecular weight is 231 g/mol. The molecule has 0 saturated heterocycles. The maximum Gasteiger partial charge on any atom is 0.0704 e. The van der Waals surface area contributed by atoms with E-state index in [0.29, 0.717) is 12.0 Å². The lowest BCUT2D eigenvalue weighted by atomic mass is 9.96. The van der Waals surface area contributed by atoms with Crippen LogP contribution in [0.15, 0.2) is 0 Å². The van der Waals surface area contributed by atoms with Crippen molar-refractivity contribution in [3.63, 3.8) is 0 Å². The van der Waals surface area contributed by atoms with Crippen molar-refractivity contribution in [1.82, 2.24) is 5.32 Å². The Morgan fingerprint density at radius 3 is 2.00 bits per heavy atom. The minimum Gasteiger partial charge on any atom is -0.371 e. The molecule has 0 radical (unpaired) electrons. The zero-order chi connectivity index (χ0) is 13.2. The molecule has 0 aliphatic heterocycles. The Morgan fingerprint density at radius 2 is 1.69 bits per heavy atom. The highest BCUT2D eigenvalue weighted by Gasteiger charge is 2.23. The predicted octanol–water partition coefficient (Wildman–Crippen LogP) is 3.85. The number of nitrogens with one attached hydrogen (secondary N) is 1. The summed E-state index contributed by atoms with van der Waals surface area (Å²) in [7, 11) is 1.97. The number of ether oxygens (including phenoxy) is 1. The first-order chi connectivity index (χ1) is 7.41.